The molecule has 0 saturated carbocycles. The van der Waals surface area contributed by atoms with E-state index in [0.29, 0.717) is 12.5 Å². The summed E-state index contributed by atoms with van der Waals surface area (Å²) in [6.07, 6.45) is 2.00. The van der Waals surface area contributed by atoms with E-state index in [1.54, 1.807) is 0 Å². The Bertz CT molecular complexity index is 458. The molecule has 1 heterocycles. The highest BCUT2D eigenvalue weighted by Crippen LogP contribution is 2.25. The van der Waals surface area contributed by atoms with Crippen LogP contribution in [0, 0.1) is 5.92 Å². The van der Waals surface area contributed by atoms with E-state index in [4.69, 9.17) is 5.11 Å². The maximum Gasteiger partial charge on any atom is 0.317 e. The number of hydrogen-bond donors (Lipinski definition) is 1. The Morgan fingerprint density at radius 2 is 2.05 bits per heavy atom. The number of aryl methyl sites for hydroxylation is 1. The summed E-state index contributed by atoms with van der Waals surface area (Å²) in [7, 11) is 1.91. The smallest absolute Gasteiger partial charge is 0.317 e. The van der Waals surface area contributed by atoms with Gasteiger partial charge in [-0.05, 0) is 5.92 Å². The van der Waals surface area contributed by atoms with Gasteiger partial charge in [-0.2, -0.15) is 5.10 Å². The lowest BCUT2D eigenvalue weighted by molar-refractivity contribution is -0.138. The van der Waals surface area contributed by atoms with Gasteiger partial charge in [0.2, 0.25) is 0 Å². The van der Waals surface area contributed by atoms with Crippen molar-refractivity contribution in [2.75, 3.05) is 13.1 Å². The third-order valence-electron chi connectivity index (χ3n) is 2.99. The number of hydrogen-bond acceptors (Lipinski definition) is 3. The summed E-state index contributed by atoms with van der Waals surface area (Å²) >= 11 is 0. The maximum absolute atomic E-state index is 11.0. The Balaban J connectivity index is 2.95. The number of nitrogens with zero attached hydrogens (tertiary/aromatic N) is 3. The molecule has 0 saturated heterocycles. The Labute approximate surface area is 121 Å². The largest absolute Gasteiger partial charge is 0.480 e. The molecule has 0 amide bonds. The lowest BCUT2D eigenvalue weighted by atomic mass is 9.89. The minimum absolute atomic E-state index is 0.0384. The van der Waals surface area contributed by atoms with Gasteiger partial charge in [0, 0.05) is 37.3 Å². The number of carboxylic acid groups (broad SMARTS) is 1. The van der Waals surface area contributed by atoms with E-state index in [9.17, 15) is 4.79 Å². The summed E-state index contributed by atoms with van der Waals surface area (Å²) in [6, 6.07) is 0. The summed E-state index contributed by atoms with van der Waals surface area (Å²) in [6.45, 7) is 12.0. The average molecular weight is 281 g/mol. The fourth-order valence-corrected chi connectivity index (χ4v) is 2.42. The van der Waals surface area contributed by atoms with Gasteiger partial charge in [0.05, 0.1) is 12.2 Å². The standard InChI is InChI=1S/C15H27N3O2/c1-11(2)7-18(10-13(19)20)9-12-8-17(6)16-14(12)15(3,4)5/h8,11H,7,9-10H2,1-6H3,(H,19,20). The molecule has 0 bridgehead atoms. The Morgan fingerprint density at radius 3 is 2.50 bits per heavy atom. The van der Waals surface area contributed by atoms with Crippen LogP contribution in [-0.4, -0.2) is 38.8 Å². The van der Waals surface area contributed by atoms with Crippen LogP contribution in [0.1, 0.15) is 45.9 Å². The highest BCUT2D eigenvalue weighted by molar-refractivity contribution is 5.69. The predicted molar refractivity (Wildman–Crippen MR) is 79.7 cm³/mol. The summed E-state index contributed by atoms with van der Waals surface area (Å²) in [5, 5.41) is 13.6. The minimum Gasteiger partial charge on any atom is -0.480 e. The Morgan fingerprint density at radius 1 is 1.45 bits per heavy atom. The van der Waals surface area contributed by atoms with Gasteiger partial charge in [0.25, 0.3) is 0 Å². The Kier molecular flexibility index (Phi) is 5.34. The lowest BCUT2D eigenvalue weighted by Crippen LogP contribution is -2.33. The van der Waals surface area contributed by atoms with Gasteiger partial charge in [-0.1, -0.05) is 34.6 Å². The first-order valence-corrected chi connectivity index (χ1v) is 7.06. The lowest BCUT2D eigenvalue weighted by Gasteiger charge is -2.24. The van der Waals surface area contributed by atoms with Crippen molar-refractivity contribution in [1.29, 1.82) is 0 Å². The summed E-state index contributed by atoms with van der Waals surface area (Å²) in [4.78, 5) is 13.0. The molecule has 0 unspecified atom stereocenters. The monoisotopic (exact) mass is 281 g/mol. The molecule has 0 radical (unpaired) electrons. The fraction of sp³-hybridized carbons (Fsp3) is 0.733. The molecule has 1 aromatic rings. The van der Waals surface area contributed by atoms with Crippen molar-refractivity contribution in [1.82, 2.24) is 14.7 Å². The maximum atomic E-state index is 11.0. The van der Waals surface area contributed by atoms with E-state index in [1.165, 1.54) is 0 Å². The highest BCUT2D eigenvalue weighted by atomic mass is 16.4. The van der Waals surface area contributed by atoms with Gasteiger partial charge >= 0.3 is 5.97 Å². The summed E-state index contributed by atoms with van der Waals surface area (Å²) in [5.41, 5.74) is 2.12. The molecule has 5 heteroatoms. The van der Waals surface area contributed by atoms with Crippen molar-refractivity contribution >= 4 is 5.97 Å². The molecule has 20 heavy (non-hydrogen) atoms. The van der Waals surface area contributed by atoms with Gasteiger partial charge in [-0.25, -0.2) is 0 Å². The molecule has 1 aromatic heterocycles. The zero-order chi connectivity index (χ0) is 15.5. The van der Waals surface area contributed by atoms with Gasteiger partial charge in [0.1, 0.15) is 0 Å². The second-order valence-corrected chi connectivity index (χ2v) is 6.88. The van der Waals surface area contributed by atoms with Crippen molar-refractivity contribution in [2.45, 2.75) is 46.6 Å². The molecule has 1 rings (SSSR count). The first kappa shape index (κ1) is 16.7. The second kappa shape index (κ2) is 6.39. The molecule has 0 aromatic carbocycles. The third-order valence-corrected chi connectivity index (χ3v) is 2.99. The number of rotatable bonds is 6. The first-order valence-electron chi connectivity index (χ1n) is 7.06. The minimum atomic E-state index is -0.785. The molecule has 5 nitrogen and oxygen atoms in total. The fourth-order valence-electron chi connectivity index (χ4n) is 2.42. The molecule has 0 aliphatic heterocycles. The van der Waals surface area contributed by atoms with Gasteiger partial charge in [0.15, 0.2) is 0 Å². The molecule has 0 fully saturated rings. The molecule has 0 aliphatic carbocycles. The van der Waals surface area contributed by atoms with E-state index >= 15 is 0 Å². The van der Waals surface area contributed by atoms with Crippen LogP contribution in [0.4, 0.5) is 0 Å². The topological polar surface area (TPSA) is 58.4 Å². The molecule has 0 aliphatic rings. The first-order chi connectivity index (χ1) is 9.09. The number of aromatic nitrogens is 2. The molecular weight excluding hydrogens is 254 g/mol. The molecule has 0 atom stereocenters. The molecular formula is C15H27N3O2. The average Bonchev–Trinajstić information content (AvgIpc) is 2.56. The number of carboxylic acids is 1. The summed E-state index contributed by atoms with van der Waals surface area (Å²) in [5.74, 6) is -0.351. The zero-order valence-corrected chi connectivity index (χ0v) is 13.5. The van der Waals surface area contributed by atoms with E-state index in [0.717, 1.165) is 17.8 Å². The normalized spacial score (nSPS) is 12.4. The van der Waals surface area contributed by atoms with Crippen LogP contribution in [0.15, 0.2) is 6.20 Å². The SMILES string of the molecule is CC(C)CN(CC(=O)O)Cc1cn(C)nc1C(C)(C)C. The van der Waals surface area contributed by atoms with Crippen molar-refractivity contribution < 1.29 is 9.90 Å². The van der Waals surface area contributed by atoms with Crippen LogP contribution in [-0.2, 0) is 23.8 Å². The van der Waals surface area contributed by atoms with Crippen molar-refractivity contribution in [3.8, 4) is 0 Å². The number of carbonyl (C=O) groups is 1. The van der Waals surface area contributed by atoms with Crippen molar-refractivity contribution in [3.63, 3.8) is 0 Å². The predicted octanol–water partition coefficient (Wildman–Crippen LogP) is 2.26. The van der Waals surface area contributed by atoms with Gasteiger partial charge in [-0.15, -0.1) is 0 Å². The third kappa shape index (κ3) is 4.96. The van der Waals surface area contributed by atoms with Crippen LogP contribution in [0.25, 0.3) is 0 Å². The molecule has 1 N–H and O–H groups in total. The van der Waals surface area contributed by atoms with Crippen molar-refractivity contribution in [3.05, 3.63) is 17.5 Å². The van der Waals surface area contributed by atoms with E-state index in [2.05, 4.69) is 39.7 Å². The van der Waals surface area contributed by atoms with Gasteiger partial charge < -0.3 is 5.11 Å². The van der Waals surface area contributed by atoms with Crippen molar-refractivity contribution in [2.24, 2.45) is 13.0 Å². The van der Waals surface area contributed by atoms with Crippen LogP contribution < -0.4 is 0 Å². The quantitative estimate of drug-likeness (QED) is 0.869. The zero-order valence-electron chi connectivity index (χ0n) is 13.5. The van der Waals surface area contributed by atoms with E-state index in [1.807, 2.05) is 22.8 Å². The van der Waals surface area contributed by atoms with Crippen LogP contribution in [0.5, 0.6) is 0 Å². The second-order valence-electron chi connectivity index (χ2n) is 6.88. The molecule has 114 valence electrons. The highest BCUT2D eigenvalue weighted by Gasteiger charge is 2.23. The number of aliphatic carboxylic acids is 1. The van der Waals surface area contributed by atoms with Crippen LogP contribution in [0.3, 0.4) is 0 Å². The van der Waals surface area contributed by atoms with Gasteiger partial charge in [-0.3, -0.25) is 14.4 Å². The van der Waals surface area contributed by atoms with Crippen LogP contribution in [0.2, 0.25) is 0 Å². The van der Waals surface area contributed by atoms with E-state index < -0.39 is 5.97 Å². The Hall–Kier alpha value is -1.36. The van der Waals surface area contributed by atoms with E-state index in [-0.39, 0.29) is 12.0 Å². The molecule has 0 spiro atoms. The van der Waals surface area contributed by atoms with Crippen LogP contribution >= 0.6 is 0 Å². The summed E-state index contributed by atoms with van der Waals surface area (Å²) < 4.78 is 1.81.